The number of aryl methyl sites for hydroxylation is 1. The molecular formula is C28H33F3N2O3. The number of pyridine rings is 1. The normalized spacial score (nSPS) is 25.5. The van der Waals surface area contributed by atoms with Crippen LogP contribution in [0.1, 0.15) is 74.5 Å². The van der Waals surface area contributed by atoms with Gasteiger partial charge in [-0.1, -0.05) is 19.1 Å². The van der Waals surface area contributed by atoms with Crippen molar-refractivity contribution in [3.05, 3.63) is 53.2 Å². The van der Waals surface area contributed by atoms with E-state index < -0.39 is 23.6 Å². The molecule has 2 aromatic rings. The summed E-state index contributed by atoms with van der Waals surface area (Å²) in [5.41, 5.74) is 1.15. The Morgan fingerprint density at radius 3 is 2.53 bits per heavy atom. The number of halogens is 3. The molecule has 2 saturated carbocycles. The van der Waals surface area contributed by atoms with Crippen LogP contribution in [0.25, 0.3) is 0 Å². The molecule has 2 fully saturated rings. The molecule has 194 valence electrons. The summed E-state index contributed by atoms with van der Waals surface area (Å²) in [6.07, 6.45) is 3.82. The van der Waals surface area contributed by atoms with Crippen molar-refractivity contribution < 1.29 is 27.8 Å². The molecule has 1 N–H and O–H groups in total. The van der Waals surface area contributed by atoms with Gasteiger partial charge in [0.25, 0.3) is 0 Å². The zero-order valence-electron chi connectivity index (χ0n) is 20.7. The fourth-order valence-corrected chi connectivity index (χ4v) is 6.25. The number of fused-ring (bicyclic) bond motifs is 1. The highest BCUT2D eigenvalue weighted by molar-refractivity contribution is 5.71. The molecule has 1 aliphatic heterocycles. The molecule has 2 aliphatic carbocycles. The number of anilines is 1. The van der Waals surface area contributed by atoms with E-state index in [9.17, 15) is 23.1 Å². The first-order chi connectivity index (χ1) is 17.1. The third-order valence-electron chi connectivity index (χ3n) is 8.55. The second-order valence-electron chi connectivity index (χ2n) is 10.9. The van der Waals surface area contributed by atoms with Crippen LogP contribution in [0.3, 0.4) is 0 Å². The van der Waals surface area contributed by atoms with E-state index in [1.165, 1.54) is 12.3 Å². The van der Waals surface area contributed by atoms with Gasteiger partial charge >= 0.3 is 12.1 Å². The summed E-state index contributed by atoms with van der Waals surface area (Å²) < 4.78 is 47.2. The largest absolute Gasteiger partial charge is 0.487 e. The van der Waals surface area contributed by atoms with Gasteiger partial charge in [-0.25, -0.2) is 4.98 Å². The number of aliphatic carboxylic acids is 1. The number of carbonyl (C=O) groups is 1. The van der Waals surface area contributed by atoms with Crippen LogP contribution in [-0.2, 0) is 17.4 Å². The van der Waals surface area contributed by atoms with Gasteiger partial charge < -0.3 is 14.7 Å². The molecule has 1 aromatic heterocycles. The molecule has 3 aliphatic rings. The molecular weight excluding hydrogens is 469 g/mol. The molecule has 2 heterocycles. The third kappa shape index (κ3) is 4.78. The molecule has 2 atom stereocenters. The van der Waals surface area contributed by atoms with Crippen molar-refractivity contribution in [2.24, 2.45) is 11.8 Å². The summed E-state index contributed by atoms with van der Waals surface area (Å²) in [5, 5.41) is 9.64. The fourth-order valence-electron chi connectivity index (χ4n) is 6.25. The van der Waals surface area contributed by atoms with E-state index in [1.807, 2.05) is 0 Å². The fraction of sp³-hybridized carbons (Fsp3) is 0.571. The number of carboxylic acid groups (broad SMARTS) is 1. The minimum atomic E-state index is -4.45. The maximum atomic E-state index is 13.5. The minimum Gasteiger partial charge on any atom is -0.487 e. The predicted molar refractivity (Wildman–Crippen MR) is 130 cm³/mol. The van der Waals surface area contributed by atoms with Gasteiger partial charge in [-0.15, -0.1) is 0 Å². The lowest BCUT2D eigenvalue weighted by atomic mass is 9.76. The Morgan fingerprint density at radius 1 is 1.17 bits per heavy atom. The van der Waals surface area contributed by atoms with E-state index in [4.69, 9.17) is 4.74 Å². The Labute approximate surface area is 209 Å². The molecule has 5 nitrogen and oxygen atoms in total. The summed E-state index contributed by atoms with van der Waals surface area (Å²) >= 11 is 0. The Bertz CT molecular complexity index is 1120. The minimum absolute atomic E-state index is 0.0140. The monoisotopic (exact) mass is 502 g/mol. The second kappa shape index (κ2) is 9.27. The molecule has 36 heavy (non-hydrogen) atoms. The molecule has 2 unspecified atom stereocenters. The molecule has 0 saturated heterocycles. The lowest BCUT2D eigenvalue weighted by molar-refractivity contribution is -0.142. The summed E-state index contributed by atoms with van der Waals surface area (Å²) in [4.78, 5) is 17.5. The number of benzene rings is 1. The maximum Gasteiger partial charge on any atom is 0.419 e. The van der Waals surface area contributed by atoms with Gasteiger partial charge in [0.2, 0.25) is 0 Å². The highest BCUT2D eigenvalue weighted by Gasteiger charge is 2.43. The number of ether oxygens (including phenoxy) is 1. The zero-order valence-corrected chi connectivity index (χ0v) is 20.7. The first-order valence-electron chi connectivity index (χ1n) is 12.9. The topological polar surface area (TPSA) is 62.7 Å². The van der Waals surface area contributed by atoms with Gasteiger partial charge in [0.15, 0.2) is 0 Å². The molecule has 8 heteroatoms. The van der Waals surface area contributed by atoms with Crippen molar-refractivity contribution in [3.8, 4) is 5.75 Å². The maximum absolute atomic E-state index is 13.5. The number of hydrogen-bond acceptors (Lipinski definition) is 4. The van der Waals surface area contributed by atoms with Crippen LogP contribution in [0.15, 0.2) is 36.5 Å². The number of nitrogens with zero attached hydrogens (tertiary/aromatic N) is 2. The van der Waals surface area contributed by atoms with Crippen molar-refractivity contribution in [2.45, 2.75) is 82.0 Å². The van der Waals surface area contributed by atoms with Crippen LogP contribution in [0, 0.1) is 11.8 Å². The molecule has 1 spiro atoms. The van der Waals surface area contributed by atoms with Crippen molar-refractivity contribution in [2.75, 3.05) is 11.9 Å². The third-order valence-corrected chi connectivity index (χ3v) is 8.55. The van der Waals surface area contributed by atoms with E-state index in [0.29, 0.717) is 5.92 Å². The van der Waals surface area contributed by atoms with Gasteiger partial charge in [0, 0.05) is 19.3 Å². The van der Waals surface area contributed by atoms with Crippen LogP contribution in [0.4, 0.5) is 19.0 Å². The predicted octanol–water partition coefficient (Wildman–Crippen LogP) is 6.46. The molecule has 0 radical (unpaired) electrons. The quantitative estimate of drug-likeness (QED) is 0.491. The Balaban J connectivity index is 1.31. The lowest BCUT2D eigenvalue weighted by Gasteiger charge is -2.45. The van der Waals surface area contributed by atoms with E-state index in [-0.39, 0.29) is 23.4 Å². The lowest BCUT2D eigenvalue weighted by Crippen LogP contribution is -2.47. The van der Waals surface area contributed by atoms with Crippen LogP contribution in [-0.4, -0.2) is 34.8 Å². The molecule has 1 aromatic carbocycles. The number of alkyl halides is 3. The van der Waals surface area contributed by atoms with Gasteiger partial charge in [-0.3, -0.25) is 4.79 Å². The summed E-state index contributed by atoms with van der Waals surface area (Å²) in [6, 6.07) is 8.57. The summed E-state index contributed by atoms with van der Waals surface area (Å²) in [6.45, 7) is 1.79. The van der Waals surface area contributed by atoms with Crippen molar-refractivity contribution in [1.29, 1.82) is 0 Å². The Hall–Kier alpha value is -2.77. The first-order valence-corrected chi connectivity index (χ1v) is 12.9. The van der Waals surface area contributed by atoms with Crippen LogP contribution < -0.4 is 9.64 Å². The summed E-state index contributed by atoms with van der Waals surface area (Å²) in [5.74, 6) is -0.00827. The number of hydrogen-bond donors (Lipinski definition) is 1. The number of rotatable bonds is 6. The van der Waals surface area contributed by atoms with Crippen molar-refractivity contribution >= 4 is 11.8 Å². The van der Waals surface area contributed by atoms with Crippen LogP contribution >= 0.6 is 0 Å². The van der Waals surface area contributed by atoms with E-state index >= 15 is 0 Å². The van der Waals surface area contributed by atoms with Crippen LogP contribution in [0.2, 0.25) is 0 Å². The molecule has 5 rings (SSSR count). The average molecular weight is 503 g/mol. The van der Waals surface area contributed by atoms with Crippen molar-refractivity contribution in [3.63, 3.8) is 0 Å². The Kier molecular flexibility index (Phi) is 6.41. The van der Waals surface area contributed by atoms with Crippen molar-refractivity contribution in [1.82, 2.24) is 4.98 Å². The number of carboxylic acids is 1. The van der Waals surface area contributed by atoms with Gasteiger partial charge in [0.1, 0.15) is 17.2 Å². The number of aromatic nitrogens is 1. The highest BCUT2D eigenvalue weighted by atomic mass is 19.4. The molecule has 0 bridgehead atoms. The molecule has 0 amide bonds. The van der Waals surface area contributed by atoms with Gasteiger partial charge in [-0.2, -0.15) is 13.2 Å². The second-order valence-corrected chi connectivity index (χ2v) is 10.9. The standard InChI is InChI=1S/C28H33F3N2O3/c1-17(26(34)35)24(19-6-7-19)20-8-5-18-9-12-27(36-23(18)16-20)13-10-21(11-14-27)33(2)25-22(28(29,30)31)4-3-15-32-25/h3-5,8,15-17,19,21,24H,6-7,9-14H2,1-2H3,(H,34,35). The smallest absolute Gasteiger partial charge is 0.419 e. The first kappa shape index (κ1) is 24.9. The average Bonchev–Trinajstić information content (AvgIpc) is 3.68. The van der Waals surface area contributed by atoms with Crippen LogP contribution in [0.5, 0.6) is 5.75 Å². The van der Waals surface area contributed by atoms with E-state index in [2.05, 4.69) is 23.2 Å². The SMILES string of the molecule is CC(C(=O)O)C(c1ccc2c(c1)OC1(CC2)CCC(N(C)c2ncccc2C(F)(F)F)CC1)C1CC1. The van der Waals surface area contributed by atoms with E-state index in [1.54, 1.807) is 18.9 Å². The van der Waals surface area contributed by atoms with Gasteiger partial charge in [0.05, 0.1) is 11.5 Å². The highest BCUT2D eigenvalue weighted by Crippen LogP contribution is 2.49. The Morgan fingerprint density at radius 2 is 1.89 bits per heavy atom. The van der Waals surface area contributed by atoms with E-state index in [0.717, 1.165) is 74.3 Å². The zero-order chi connectivity index (χ0) is 25.7. The van der Waals surface area contributed by atoms with Gasteiger partial charge in [-0.05, 0) is 92.5 Å². The summed E-state index contributed by atoms with van der Waals surface area (Å²) in [7, 11) is 1.70.